The summed E-state index contributed by atoms with van der Waals surface area (Å²) in [5.41, 5.74) is 7.57. The molecule has 8 nitrogen and oxygen atoms in total. The van der Waals surface area contributed by atoms with Crippen LogP contribution >= 0.6 is 15.9 Å². The lowest BCUT2D eigenvalue weighted by Gasteiger charge is -2.07. The van der Waals surface area contributed by atoms with Gasteiger partial charge in [-0.05, 0) is 22.0 Å². The average Bonchev–Trinajstić information content (AvgIpc) is 2.86. The summed E-state index contributed by atoms with van der Waals surface area (Å²) in [7, 11) is 0. The molecule has 22 heavy (non-hydrogen) atoms. The lowest BCUT2D eigenvalue weighted by Crippen LogP contribution is -2.01. The van der Waals surface area contributed by atoms with Crippen LogP contribution in [-0.2, 0) is 0 Å². The van der Waals surface area contributed by atoms with E-state index in [4.69, 9.17) is 11.1 Å². The van der Waals surface area contributed by atoms with Gasteiger partial charge in [0.2, 0.25) is 0 Å². The normalized spacial score (nSPS) is 10.6. The van der Waals surface area contributed by atoms with Crippen molar-refractivity contribution in [2.24, 2.45) is 0 Å². The fourth-order valence-corrected chi connectivity index (χ4v) is 2.55. The first kappa shape index (κ1) is 14.1. The SMILES string of the molecule is N=Cc1cc(Nc2ncnc3[nH]c(C=O)c(Br)c23)ncc1N. The number of halogens is 1. The fourth-order valence-electron chi connectivity index (χ4n) is 1.98. The predicted molar refractivity (Wildman–Crippen MR) is 86.8 cm³/mol. The molecule has 0 aromatic carbocycles. The minimum absolute atomic E-state index is 0.379. The molecular weight excluding hydrogens is 350 g/mol. The second-order valence-electron chi connectivity index (χ2n) is 4.38. The smallest absolute Gasteiger partial charge is 0.167 e. The van der Waals surface area contributed by atoms with Gasteiger partial charge in [-0.1, -0.05) is 0 Å². The molecule has 3 aromatic rings. The van der Waals surface area contributed by atoms with Gasteiger partial charge in [-0.3, -0.25) is 4.79 Å². The van der Waals surface area contributed by atoms with Crippen LogP contribution in [0.4, 0.5) is 17.3 Å². The van der Waals surface area contributed by atoms with E-state index in [1.54, 1.807) is 6.07 Å². The Morgan fingerprint density at radius 3 is 2.91 bits per heavy atom. The lowest BCUT2D eigenvalue weighted by atomic mass is 10.2. The van der Waals surface area contributed by atoms with E-state index in [2.05, 4.69) is 41.2 Å². The molecule has 3 aromatic heterocycles. The Morgan fingerprint density at radius 1 is 1.36 bits per heavy atom. The zero-order valence-corrected chi connectivity index (χ0v) is 12.7. The van der Waals surface area contributed by atoms with Crippen LogP contribution in [0.5, 0.6) is 0 Å². The number of pyridine rings is 1. The van der Waals surface area contributed by atoms with E-state index >= 15 is 0 Å². The molecular formula is C13H10BrN7O. The number of fused-ring (bicyclic) bond motifs is 1. The number of carbonyl (C=O) groups excluding carboxylic acids is 1. The predicted octanol–water partition coefficient (Wildman–Crippen LogP) is 2.25. The van der Waals surface area contributed by atoms with Gasteiger partial charge in [0.15, 0.2) is 6.29 Å². The first-order valence-corrected chi connectivity index (χ1v) is 6.93. The van der Waals surface area contributed by atoms with Crippen molar-refractivity contribution in [3.63, 3.8) is 0 Å². The second kappa shape index (κ2) is 5.53. The van der Waals surface area contributed by atoms with Crippen molar-refractivity contribution in [1.82, 2.24) is 19.9 Å². The number of anilines is 3. The Kier molecular flexibility index (Phi) is 3.55. The molecule has 0 radical (unpaired) electrons. The Balaban J connectivity index is 2.09. The number of nitrogens with two attached hydrogens (primary N) is 1. The molecule has 110 valence electrons. The number of aldehydes is 1. The van der Waals surface area contributed by atoms with Gasteiger partial charge in [0.05, 0.1) is 27.4 Å². The van der Waals surface area contributed by atoms with Crippen molar-refractivity contribution in [2.45, 2.75) is 0 Å². The molecule has 0 unspecified atom stereocenters. The molecule has 9 heteroatoms. The van der Waals surface area contributed by atoms with Gasteiger partial charge in [0.25, 0.3) is 0 Å². The van der Waals surface area contributed by atoms with Crippen molar-refractivity contribution >= 4 is 56.8 Å². The lowest BCUT2D eigenvalue weighted by molar-refractivity contribution is 0.111. The van der Waals surface area contributed by atoms with E-state index in [1.807, 2.05) is 0 Å². The number of rotatable bonds is 4. The summed E-state index contributed by atoms with van der Waals surface area (Å²) in [6.45, 7) is 0. The Labute approximate surface area is 132 Å². The molecule has 0 amide bonds. The van der Waals surface area contributed by atoms with Gasteiger partial charge in [0, 0.05) is 11.8 Å². The third-order valence-corrected chi connectivity index (χ3v) is 3.87. The van der Waals surface area contributed by atoms with E-state index in [1.165, 1.54) is 12.5 Å². The van der Waals surface area contributed by atoms with Crippen LogP contribution in [0, 0.1) is 5.41 Å². The largest absolute Gasteiger partial charge is 0.397 e. The third-order valence-electron chi connectivity index (χ3n) is 3.04. The van der Waals surface area contributed by atoms with Gasteiger partial charge in [-0.15, -0.1) is 0 Å². The van der Waals surface area contributed by atoms with Crippen LogP contribution in [0.2, 0.25) is 0 Å². The van der Waals surface area contributed by atoms with Crippen molar-refractivity contribution in [1.29, 1.82) is 5.41 Å². The van der Waals surface area contributed by atoms with Gasteiger partial charge in [0.1, 0.15) is 23.6 Å². The van der Waals surface area contributed by atoms with E-state index in [0.717, 1.165) is 6.21 Å². The number of hydrogen-bond acceptors (Lipinski definition) is 7. The molecule has 0 aliphatic carbocycles. The number of aromatic nitrogens is 4. The maximum Gasteiger partial charge on any atom is 0.167 e. The summed E-state index contributed by atoms with van der Waals surface area (Å²) in [6.07, 6.45) is 4.68. The zero-order valence-electron chi connectivity index (χ0n) is 11.1. The quantitative estimate of drug-likeness (QED) is 0.417. The standard InChI is InChI=1S/C13H10BrN7O/c14-11-8(4-22)20-12-10(11)13(19-5-18-12)21-9-1-6(2-15)7(16)3-17-9/h1-5,15H,16H2,(H2,17,18,19,20,21). The molecule has 0 saturated heterocycles. The van der Waals surface area contributed by atoms with Crippen LogP contribution in [0.25, 0.3) is 11.0 Å². The monoisotopic (exact) mass is 359 g/mol. The molecule has 0 aliphatic heterocycles. The number of nitrogens with zero attached hydrogens (tertiary/aromatic N) is 3. The summed E-state index contributed by atoms with van der Waals surface area (Å²) in [5.74, 6) is 0.961. The van der Waals surface area contributed by atoms with Crippen molar-refractivity contribution in [3.05, 3.63) is 34.3 Å². The maximum absolute atomic E-state index is 11.0. The highest BCUT2D eigenvalue weighted by molar-refractivity contribution is 9.10. The van der Waals surface area contributed by atoms with Crippen LogP contribution in [0.15, 0.2) is 23.1 Å². The molecule has 3 rings (SSSR count). The number of nitrogen functional groups attached to an aromatic ring is 1. The molecule has 5 N–H and O–H groups in total. The highest BCUT2D eigenvalue weighted by Crippen LogP contribution is 2.31. The Bertz CT molecular complexity index is 889. The van der Waals surface area contributed by atoms with Gasteiger partial charge < -0.3 is 21.4 Å². The Morgan fingerprint density at radius 2 is 2.18 bits per heavy atom. The number of nitrogens with one attached hydrogen (secondary N) is 3. The highest BCUT2D eigenvalue weighted by atomic mass is 79.9. The first-order valence-electron chi connectivity index (χ1n) is 6.14. The summed E-state index contributed by atoms with van der Waals surface area (Å²) < 4.78 is 0.573. The molecule has 0 saturated carbocycles. The molecule has 3 heterocycles. The number of aromatic amines is 1. The fraction of sp³-hybridized carbons (Fsp3) is 0. The van der Waals surface area contributed by atoms with E-state index in [0.29, 0.717) is 50.4 Å². The minimum atomic E-state index is 0.379. The highest BCUT2D eigenvalue weighted by Gasteiger charge is 2.15. The van der Waals surface area contributed by atoms with Crippen LogP contribution < -0.4 is 11.1 Å². The molecule has 0 atom stereocenters. The minimum Gasteiger partial charge on any atom is -0.397 e. The van der Waals surface area contributed by atoms with Crippen LogP contribution in [0.1, 0.15) is 16.1 Å². The number of H-pyrrole nitrogens is 1. The van der Waals surface area contributed by atoms with E-state index in [9.17, 15) is 4.79 Å². The summed E-state index contributed by atoms with van der Waals surface area (Å²) in [6, 6.07) is 1.64. The second-order valence-corrected chi connectivity index (χ2v) is 5.18. The molecule has 0 bridgehead atoms. The van der Waals surface area contributed by atoms with Gasteiger partial charge in [-0.25, -0.2) is 15.0 Å². The van der Waals surface area contributed by atoms with E-state index < -0.39 is 0 Å². The van der Waals surface area contributed by atoms with Crippen LogP contribution in [0.3, 0.4) is 0 Å². The van der Waals surface area contributed by atoms with Crippen molar-refractivity contribution in [2.75, 3.05) is 11.1 Å². The van der Waals surface area contributed by atoms with E-state index in [-0.39, 0.29) is 0 Å². The van der Waals surface area contributed by atoms with Gasteiger partial charge in [-0.2, -0.15) is 0 Å². The third kappa shape index (κ3) is 2.31. The molecule has 0 fully saturated rings. The average molecular weight is 360 g/mol. The zero-order chi connectivity index (χ0) is 15.7. The Hall–Kier alpha value is -2.81. The van der Waals surface area contributed by atoms with Gasteiger partial charge >= 0.3 is 0 Å². The van der Waals surface area contributed by atoms with Crippen molar-refractivity contribution in [3.8, 4) is 0 Å². The summed E-state index contributed by atoms with van der Waals surface area (Å²) in [5, 5.41) is 11.0. The van der Waals surface area contributed by atoms with Crippen molar-refractivity contribution < 1.29 is 4.79 Å². The molecule has 0 aliphatic rings. The summed E-state index contributed by atoms with van der Waals surface area (Å²) in [4.78, 5) is 26.3. The van der Waals surface area contributed by atoms with Crippen LogP contribution in [-0.4, -0.2) is 32.4 Å². The summed E-state index contributed by atoms with van der Waals surface area (Å²) >= 11 is 3.36. The topological polar surface area (TPSA) is 133 Å². The molecule has 0 spiro atoms. The number of carbonyl (C=O) groups is 1. The first-order chi connectivity index (χ1) is 10.6. The number of hydrogen-bond donors (Lipinski definition) is 4. The maximum atomic E-state index is 11.0.